The maximum atomic E-state index is 8.49. The van der Waals surface area contributed by atoms with Gasteiger partial charge in [-0.15, -0.1) is 10.2 Å². The highest BCUT2D eigenvalue weighted by atomic mass is 35.7. The fourth-order valence-corrected chi connectivity index (χ4v) is 2.65. The molecule has 1 aromatic carbocycles. The number of para-hydroxylation sites is 1. The van der Waals surface area contributed by atoms with E-state index in [1.165, 1.54) is 22.2 Å². The fraction of sp³-hybridized carbons (Fsp3) is 0.471. The summed E-state index contributed by atoms with van der Waals surface area (Å²) in [6.07, 6.45) is 1.15. The number of benzene rings is 1. The van der Waals surface area contributed by atoms with Crippen LogP contribution in [0.1, 0.15) is 44.9 Å². The van der Waals surface area contributed by atoms with E-state index in [1.54, 1.807) is 0 Å². The number of hydrogen-bond donors (Lipinski definition) is 0. The average Bonchev–Trinajstić information content (AvgIpc) is 2.39. The molecule has 0 bridgehead atoms. The summed E-state index contributed by atoms with van der Waals surface area (Å²) in [5, 5.41) is 1.34. The molecule has 1 aromatic heterocycles. The zero-order valence-electron chi connectivity index (χ0n) is 14.2. The van der Waals surface area contributed by atoms with Crippen molar-refractivity contribution < 1.29 is 33.4 Å². The summed E-state index contributed by atoms with van der Waals surface area (Å²) in [6.45, 7) is 9.15. The third-order valence-electron chi connectivity index (χ3n) is 3.57. The molecule has 0 aliphatic rings. The highest BCUT2D eigenvalue weighted by molar-refractivity contribution is 5.76. The molecule has 6 heteroatoms. The quantitative estimate of drug-likeness (QED) is 0.685. The van der Waals surface area contributed by atoms with Gasteiger partial charge in [-0.05, 0) is 24.0 Å². The standard InChI is InChI=1S/C17H24N.ClHO4/c1-12(2)10-17-15(13(3)4)11-14-8-6-7-9-16(14)18(17)5;2-1(3,4)5/h6-9,11-13H,10H2,1-5H3;(H,2,3,4,5)/q+1;/p-1. The van der Waals surface area contributed by atoms with Crippen LogP contribution in [0, 0.1) is 16.2 Å². The van der Waals surface area contributed by atoms with Gasteiger partial charge in [0.1, 0.15) is 7.05 Å². The van der Waals surface area contributed by atoms with Gasteiger partial charge in [0.15, 0.2) is 5.69 Å². The van der Waals surface area contributed by atoms with E-state index in [4.69, 9.17) is 18.6 Å². The second-order valence-corrected chi connectivity index (χ2v) is 7.05. The van der Waals surface area contributed by atoms with E-state index in [9.17, 15) is 0 Å². The van der Waals surface area contributed by atoms with Gasteiger partial charge in [0.25, 0.3) is 0 Å². The van der Waals surface area contributed by atoms with Crippen molar-refractivity contribution in [1.82, 2.24) is 0 Å². The van der Waals surface area contributed by atoms with Gasteiger partial charge in [-0.3, -0.25) is 0 Å². The van der Waals surface area contributed by atoms with Crippen LogP contribution in [0.3, 0.4) is 0 Å². The molecular weight excluding hydrogens is 318 g/mol. The van der Waals surface area contributed by atoms with E-state index < -0.39 is 10.2 Å². The third-order valence-corrected chi connectivity index (χ3v) is 3.57. The Morgan fingerprint density at radius 2 is 1.52 bits per heavy atom. The van der Waals surface area contributed by atoms with Crippen molar-refractivity contribution >= 4 is 10.9 Å². The number of fused-ring (bicyclic) bond motifs is 1. The number of pyridine rings is 1. The second kappa shape index (κ2) is 8.04. The molecule has 0 unspecified atom stereocenters. The number of rotatable bonds is 3. The normalized spacial score (nSPS) is 11.8. The minimum atomic E-state index is -4.94. The SMILES string of the molecule is CC(C)Cc1c(C(C)C)cc2ccccc2[n+]1C.[O-][Cl+3]([O-])([O-])[O-]. The van der Waals surface area contributed by atoms with Crippen LogP contribution >= 0.6 is 0 Å². The van der Waals surface area contributed by atoms with E-state index in [2.05, 4.69) is 69.6 Å². The Kier molecular flexibility index (Phi) is 6.92. The summed E-state index contributed by atoms with van der Waals surface area (Å²) in [4.78, 5) is 0. The van der Waals surface area contributed by atoms with Gasteiger partial charge in [-0.2, -0.15) is 4.57 Å². The van der Waals surface area contributed by atoms with Crippen LogP contribution < -0.4 is 23.2 Å². The lowest BCUT2D eigenvalue weighted by atomic mass is 9.94. The molecule has 0 spiro atoms. The molecule has 0 N–H and O–H groups in total. The summed E-state index contributed by atoms with van der Waals surface area (Å²) >= 11 is 0. The van der Waals surface area contributed by atoms with Crippen LogP contribution in [0.15, 0.2) is 30.3 Å². The Bertz CT molecular complexity index is 645. The average molecular weight is 342 g/mol. The number of aryl methyl sites for hydroxylation is 1. The first kappa shape index (κ1) is 19.8. The van der Waals surface area contributed by atoms with Crippen molar-refractivity contribution in [2.75, 3.05) is 0 Å². The summed E-state index contributed by atoms with van der Waals surface area (Å²) in [5.74, 6) is 1.27. The number of aromatic nitrogens is 1. The summed E-state index contributed by atoms with van der Waals surface area (Å²) in [6, 6.07) is 11.0. The van der Waals surface area contributed by atoms with E-state index in [-0.39, 0.29) is 0 Å². The smallest absolute Gasteiger partial charge is 0.212 e. The maximum absolute atomic E-state index is 8.49. The predicted molar refractivity (Wildman–Crippen MR) is 77.8 cm³/mol. The molecular formula is C17H24ClNO4. The predicted octanol–water partition coefficient (Wildman–Crippen LogP) is -0.770. The molecule has 0 radical (unpaired) electrons. The molecule has 2 rings (SSSR count). The van der Waals surface area contributed by atoms with Gasteiger partial charge >= 0.3 is 0 Å². The number of nitrogens with zero attached hydrogens (tertiary/aromatic N) is 1. The molecule has 0 aliphatic heterocycles. The lowest BCUT2D eigenvalue weighted by molar-refractivity contribution is -2.00. The van der Waals surface area contributed by atoms with Crippen molar-refractivity contribution in [1.29, 1.82) is 0 Å². The van der Waals surface area contributed by atoms with Crippen LogP contribution in [0.2, 0.25) is 0 Å². The molecule has 23 heavy (non-hydrogen) atoms. The summed E-state index contributed by atoms with van der Waals surface area (Å²) < 4.78 is 36.4. The Balaban J connectivity index is 0.000000463. The number of hydrogen-bond acceptors (Lipinski definition) is 4. The monoisotopic (exact) mass is 341 g/mol. The molecule has 2 aromatic rings. The first-order valence-corrected chi connectivity index (χ1v) is 8.76. The Morgan fingerprint density at radius 3 is 2.00 bits per heavy atom. The largest absolute Gasteiger partial charge is 0.222 e. The van der Waals surface area contributed by atoms with Gasteiger partial charge in [0.2, 0.25) is 5.52 Å². The Hall–Kier alpha value is -1.24. The van der Waals surface area contributed by atoms with Crippen LogP contribution in [-0.2, 0) is 13.5 Å². The van der Waals surface area contributed by atoms with Crippen molar-refractivity contribution in [3.05, 3.63) is 41.6 Å². The Morgan fingerprint density at radius 1 is 1.00 bits per heavy atom. The van der Waals surface area contributed by atoms with Crippen molar-refractivity contribution in [3.8, 4) is 0 Å². The fourth-order valence-electron chi connectivity index (χ4n) is 2.65. The first-order valence-electron chi connectivity index (χ1n) is 7.53. The van der Waals surface area contributed by atoms with E-state index >= 15 is 0 Å². The van der Waals surface area contributed by atoms with Gasteiger partial charge in [-0.25, -0.2) is 18.6 Å². The van der Waals surface area contributed by atoms with Crippen LogP contribution in [-0.4, -0.2) is 0 Å². The lowest BCUT2D eigenvalue weighted by Gasteiger charge is -2.17. The molecule has 0 saturated carbocycles. The highest BCUT2D eigenvalue weighted by Crippen LogP contribution is 2.23. The molecule has 5 nitrogen and oxygen atoms in total. The summed E-state index contributed by atoms with van der Waals surface area (Å²) in [5.41, 5.74) is 4.31. The van der Waals surface area contributed by atoms with Crippen molar-refractivity contribution in [3.63, 3.8) is 0 Å². The van der Waals surface area contributed by atoms with E-state index in [0.717, 1.165) is 6.42 Å². The zero-order valence-corrected chi connectivity index (χ0v) is 15.0. The molecule has 0 amide bonds. The Labute approximate surface area is 139 Å². The van der Waals surface area contributed by atoms with Crippen molar-refractivity contribution in [2.24, 2.45) is 13.0 Å². The third kappa shape index (κ3) is 6.41. The van der Waals surface area contributed by atoms with Crippen LogP contribution in [0.4, 0.5) is 0 Å². The molecule has 0 aliphatic carbocycles. The minimum absolute atomic E-state index is 0.578. The van der Waals surface area contributed by atoms with Gasteiger partial charge in [-0.1, -0.05) is 39.8 Å². The van der Waals surface area contributed by atoms with Crippen LogP contribution in [0.25, 0.3) is 10.9 Å². The molecule has 1 heterocycles. The van der Waals surface area contributed by atoms with Gasteiger partial charge in [0.05, 0.1) is 0 Å². The van der Waals surface area contributed by atoms with Crippen LogP contribution in [0.5, 0.6) is 0 Å². The minimum Gasteiger partial charge on any atom is -0.222 e. The maximum Gasteiger partial charge on any atom is 0.212 e. The summed E-state index contributed by atoms with van der Waals surface area (Å²) in [7, 11) is -2.74. The number of halogens is 1. The van der Waals surface area contributed by atoms with E-state index in [1.807, 2.05) is 0 Å². The molecule has 128 valence electrons. The first-order chi connectivity index (χ1) is 10.5. The second-order valence-electron chi connectivity index (χ2n) is 6.29. The molecule has 0 saturated heterocycles. The van der Waals surface area contributed by atoms with Gasteiger partial charge in [0, 0.05) is 23.4 Å². The highest BCUT2D eigenvalue weighted by Gasteiger charge is 2.20. The van der Waals surface area contributed by atoms with E-state index in [0.29, 0.717) is 11.8 Å². The zero-order chi connectivity index (χ0) is 17.8. The molecule has 0 fully saturated rings. The lowest BCUT2D eigenvalue weighted by Crippen LogP contribution is -2.68. The molecule has 0 atom stereocenters. The van der Waals surface area contributed by atoms with Crippen molar-refractivity contribution in [2.45, 2.75) is 40.0 Å². The topological polar surface area (TPSA) is 96.1 Å². The van der Waals surface area contributed by atoms with Gasteiger partial charge < -0.3 is 0 Å².